The smallest absolute Gasteiger partial charge is 0.409 e. The minimum absolute atomic E-state index is 0. The summed E-state index contributed by atoms with van der Waals surface area (Å²) in [6, 6.07) is 0. The van der Waals surface area contributed by atoms with E-state index in [1.807, 2.05) is 6.92 Å². The van der Waals surface area contributed by atoms with Crippen molar-refractivity contribution in [3.05, 3.63) is 0 Å². The van der Waals surface area contributed by atoms with Gasteiger partial charge in [-0.3, -0.25) is 4.99 Å². The maximum absolute atomic E-state index is 11.8. The highest BCUT2D eigenvalue weighted by Crippen LogP contribution is 2.14. The highest BCUT2D eigenvalue weighted by atomic mass is 127. The van der Waals surface area contributed by atoms with E-state index >= 15 is 0 Å². The fourth-order valence-corrected chi connectivity index (χ4v) is 3.26. The fourth-order valence-electron chi connectivity index (χ4n) is 3.26. The third-order valence-electron chi connectivity index (χ3n) is 4.84. The van der Waals surface area contributed by atoms with Crippen molar-refractivity contribution in [1.29, 1.82) is 0 Å². The maximum Gasteiger partial charge on any atom is 0.409 e. The van der Waals surface area contributed by atoms with E-state index in [2.05, 4.69) is 17.1 Å². The Hall–Kier alpha value is -0.810. The number of nitrogens with zero attached hydrogens (tertiary/aromatic N) is 3. The van der Waals surface area contributed by atoms with Crippen molar-refractivity contribution in [1.82, 2.24) is 15.1 Å². The fraction of sp³-hybridized carbons (Fsp3) is 0.895. The number of nitrogens with one attached hydrogen (secondary N) is 1. The van der Waals surface area contributed by atoms with Gasteiger partial charge < -0.3 is 29.3 Å². The molecule has 164 valence electrons. The summed E-state index contributed by atoms with van der Waals surface area (Å²) < 4.78 is 16.2. The van der Waals surface area contributed by atoms with Gasteiger partial charge in [-0.2, -0.15) is 0 Å². The molecule has 0 radical (unpaired) electrons. The Balaban J connectivity index is 0.00000392. The van der Waals surface area contributed by atoms with Crippen molar-refractivity contribution in [2.24, 2.45) is 10.9 Å². The summed E-state index contributed by atoms with van der Waals surface area (Å²) >= 11 is 0. The molecule has 0 aromatic rings. The second-order valence-electron chi connectivity index (χ2n) is 6.89. The molecule has 0 atom stereocenters. The Morgan fingerprint density at radius 2 is 1.82 bits per heavy atom. The van der Waals surface area contributed by atoms with E-state index in [1.54, 1.807) is 4.90 Å². The first-order chi connectivity index (χ1) is 13.2. The third kappa shape index (κ3) is 9.13. The molecule has 2 fully saturated rings. The van der Waals surface area contributed by atoms with Crippen LogP contribution in [-0.4, -0.2) is 94.2 Å². The third-order valence-corrected chi connectivity index (χ3v) is 4.84. The zero-order valence-electron chi connectivity index (χ0n) is 17.4. The lowest BCUT2D eigenvalue weighted by Gasteiger charge is -2.35. The van der Waals surface area contributed by atoms with Gasteiger partial charge in [-0.25, -0.2) is 4.79 Å². The van der Waals surface area contributed by atoms with Crippen molar-refractivity contribution in [3.8, 4) is 0 Å². The van der Waals surface area contributed by atoms with Gasteiger partial charge in [-0.05, 0) is 39.0 Å². The molecule has 0 bridgehead atoms. The number of piperazine rings is 1. The number of carbonyl (C=O) groups excluding carboxylic acids is 1. The van der Waals surface area contributed by atoms with Crippen LogP contribution in [-0.2, 0) is 14.2 Å². The van der Waals surface area contributed by atoms with Gasteiger partial charge in [0.25, 0.3) is 0 Å². The largest absolute Gasteiger partial charge is 0.450 e. The Kier molecular flexibility index (Phi) is 13.6. The van der Waals surface area contributed by atoms with Gasteiger partial charge in [-0.1, -0.05) is 0 Å². The van der Waals surface area contributed by atoms with Crippen LogP contribution in [0, 0.1) is 5.92 Å². The number of guanidine groups is 1. The summed E-state index contributed by atoms with van der Waals surface area (Å²) in [5, 5.41) is 3.35. The summed E-state index contributed by atoms with van der Waals surface area (Å²) in [7, 11) is 0. The number of amides is 1. The Bertz CT molecular complexity index is 453. The average molecular weight is 512 g/mol. The van der Waals surface area contributed by atoms with Gasteiger partial charge >= 0.3 is 6.09 Å². The summed E-state index contributed by atoms with van der Waals surface area (Å²) in [5.41, 5.74) is 0. The predicted octanol–water partition coefficient (Wildman–Crippen LogP) is 2.18. The van der Waals surface area contributed by atoms with Crippen LogP contribution in [0.5, 0.6) is 0 Å². The van der Waals surface area contributed by atoms with E-state index in [-0.39, 0.29) is 30.1 Å². The van der Waals surface area contributed by atoms with Gasteiger partial charge in [0.1, 0.15) is 0 Å². The number of aliphatic imine (C=N–C) groups is 1. The van der Waals surface area contributed by atoms with Crippen LogP contribution in [0.4, 0.5) is 4.79 Å². The molecule has 1 amide bonds. The Morgan fingerprint density at radius 1 is 1.14 bits per heavy atom. The quantitative estimate of drug-likeness (QED) is 0.233. The van der Waals surface area contributed by atoms with E-state index in [0.29, 0.717) is 25.6 Å². The van der Waals surface area contributed by atoms with Crippen molar-refractivity contribution >= 4 is 36.0 Å². The molecule has 0 saturated carbocycles. The molecule has 2 rings (SSSR count). The van der Waals surface area contributed by atoms with Gasteiger partial charge in [0.05, 0.1) is 6.61 Å². The molecule has 1 N–H and O–H groups in total. The van der Waals surface area contributed by atoms with Crippen LogP contribution in [0.25, 0.3) is 0 Å². The normalized spacial score (nSPS) is 18.6. The van der Waals surface area contributed by atoms with Gasteiger partial charge in [0, 0.05) is 65.7 Å². The van der Waals surface area contributed by atoms with Crippen LogP contribution in [0.2, 0.25) is 0 Å². The lowest BCUT2D eigenvalue weighted by molar-refractivity contribution is 0.0205. The number of ether oxygens (including phenoxy) is 3. The first-order valence-electron chi connectivity index (χ1n) is 10.3. The first kappa shape index (κ1) is 25.2. The number of hydrogen-bond donors (Lipinski definition) is 1. The van der Waals surface area contributed by atoms with Crippen molar-refractivity contribution in [3.63, 3.8) is 0 Å². The molecule has 0 aromatic carbocycles. The molecular weight excluding hydrogens is 475 g/mol. The number of hydrogen-bond acceptors (Lipinski definition) is 5. The van der Waals surface area contributed by atoms with Gasteiger partial charge in [-0.15, -0.1) is 24.0 Å². The molecule has 0 aromatic heterocycles. The second-order valence-corrected chi connectivity index (χ2v) is 6.89. The highest BCUT2D eigenvalue weighted by Gasteiger charge is 2.23. The molecule has 0 unspecified atom stereocenters. The van der Waals surface area contributed by atoms with Gasteiger partial charge in [0.2, 0.25) is 0 Å². The molecule has 0 spiro atoms. The topological polar surface area (TPSA) is 75.6 Å². The second kappa shape index (κ2) is 15.1. The van der Waals surface area contributed by atoms with Crippen LogP contribution in [0.1, 0.15) is 33.1 Å². The van der Waals surface area contributed by atoms with Crippen molar-refractivity contribution in [2.45, 2.75) is 33.1 Å². The Labute approximate surface area is 186 Å². The van der Waals surface area contributed by atoms with Crippen LogP contribution >= 0.6 is 24.0 Å². The molecule has 9 heteroatoms. The van der Waals surface area contributed by atoms with Crippen molar-refractivity contribution < 1.29 is 19.0 Å². The highest BCUT2D eigenvalue weighted by molar-refractivity contribution is 14.0. The SMILES string of the molecule is CCNC(=NCCCOCC1CCOCC1)N1CCN(C(=O)OCC)CC1.I. The monoisotopic (exact) mass is 512 g/mol. The standard InChI is InChI=1S/C19H36N4O4.HI/c1-3-20-18(22-9-11-23(12-10-22)19(24)27-4-2)21-8-5-13-26-16-17-6-14-25-15-7-17;/h17H,3-16H2,1-2H3,(H,20,21);1H. The molecule has 2 heterocycles. The molecule has 2 aliphatic heterocycles. The average Bonchev–Trinajstić information content (AvgIpc) is 2.71. The molecular formula is C19H37IN4O4. The minimum Gasteiger partial charge on any atom is -0.450 e. The number of halogens is 1. The van der Waals surface area contributed by atoms with E-state index in [1.165, 1.54) is 0 Å². The van der Waals surface area contributed by atoms with Crippen molar-refractivity contribution in [2.75, 3.05) is 72.3 Å². The van der Waals surface area contributed by atoms with E-state index in [9.17, 15) is 4.79 Å². The molecule has 0 aliphatic carbocycles. The first-order valence-corrected chi connectivity index (χ1v) is 10.3. The molecule has 8 nitrogen and oxygen atoms in total. The zero-order chi connectivity index (χ0) is 19.3. The van der Waals surface area contributed by atoms with Crippen LogP contribution < -0.4 is 5.32 Å². The summed E-state index contributed by atoms with van der Waals surface area (Å²) in [4.78, 5) is 20.5. The molecule has 2 saturated heterocycles. The lowest BCUT2D eigenvalue weighted by Crippen LogP contribution is -2.53. The Morgan fingerprint density at radius 3 is 2.46 bits per heavy atom. The van der Waals surface area contributed by atoms with E-state index < -0.39 is 0 Å². The predicted molar refractivity (Wildman–Crippen MR) is 121 cm³/mol. The summed E-state index contributed by atoms with van der Waals surface area (Å²) in [5.74, 6) is 1.57. The zero-order valence-corrected chi connectivity index (χ0v) is 19.7. The molecule has 28 heavy (non-hydrogen) atoms. The van der Waals surface area contributed by atoms with Crippen LogP contribution in [0.3, 0.4) is 0 Å². The minimum atomic E-state index is -0.222. The van der Waals surface area contributed by atoms with Crippen LogP contribution in [0.15, 0.2) is 4.99 Å². The summed E-state index contributed by atoms with van der Waals surface area (Å²) in [6.45, 7) is 12.1. The summed E-state index contributed by atoms with van der Waals surface area (Å²) in [6.07, 6.45) is 2.92. The number of rotatable bonds is 8. The number of carbonyl (C=O) groups is 1. The lowest BCUT2D eigenvalue weighted by atomic mass is 10.0. The van der Waals surface area contributed by atoms with E-state index in [0.717, 1.165) is 77.8 Å². The van der Waals surface area contributed by atoms with E-state index in [4.69, 9.17) is 19.2 Å². The molecule has 2 aliphatic rings. The van der Waals surface area contributed by atoms with Gasteiger partial charge in [0.15, 0.2) is 5.96 Å². The maximum atomic E-state index is 11.8.